The second-order valence-corrected chi connectivity index (χ2v) is 7.76. The Morgan fingerprint density at radius 2 is 1.73 bits per heavy atom. The normalized spacial score (nSPS) is 12.8. The molecule has 0 fully saturated rings. The van der Waals surface area contributed by atoms with E-state index < -0.39 is 17.3 Å². The molecular weight excluding hydrogens is 420 g/mol. The number of carbonyl (C=O) groups is 2. The van der Waals surface area contributed by atoms with Crippen LogP contribution in [0.3, 0.4) is 0 Å². The van der Waals surface area contributed by atoms with Gasteiger partial charge in [0.1, 0.15) is 0 Å². The molecule has 1 heterocycles. The number of aliphatic carboxylic acids is 1. The molecule has 0 bridgehead atoms. The van der Waals surface area contributed by atoms with Gasteiger partial charge >= 0.3 is 5.97 Å². The predicted octanol–water partition coefficient (Wildman–Crippen LogP) is 1.54. The molecule has 0 radical (unpaired) electrons. The Hall–Kier alpha value is -3.82. The number of nitrogens with zero attached hydrogens (tertiary/aromatic N) is 2. The van der Waals surface area contributed by atoms with Crippen molar-refractivity contribution in [1.29, 1.82) is 0 Å². The average molecular weight is 449 g/mol. The molecule has 33 heavy (non-hydrogen) atoms. The molecule has 0 aliphatic rings. The van der Waals surface area contributed by atoms with Crippen LogP contribution in [0.15, 0.2) is 65.8 Å². The van der Waals surface area contributed by atoms with Gasteiger partial charge in [0.05, 0.1) is 5.69 Å². The Labute approximate surface area is 191 Å². The number of Topliss-reactive ketones (excluding diaryl/α,β-unsaturated/α-hetero) is 1. The second-order valence-electron chi connectivity index (χ2n) is 7.76. The maximum atomic E-state index is 13.3. The van der Waals surface area contributed by atoms with Crippen molar-refractivity contribution in [2.75, 3.05) is 6.54 Å². The quantitative estimate of drug-likeness (QED) is 0.0967. The van der Waals surface area contributed by atoms with Crippen molar-refractivity contribution in [2.45, 2.75) is 31.5 Å². The van der Waals surface area contributed by atoms with E-state index >= 15 is 0 Å². The predicted molar refractivity (Wildman–Crippen MR) is 128 cm³/mol. The molecule has 0 saturated heterocycles. The Balaban J connectivity index is 1.85. The number of carboxylic acid groups (broad SMARTS) is 1. The van der Waals surface area contributed by atoms with E-state index in [1.165, 1.54) is 0 Å². The number of pyridine rings is 1. The molecule has 172 valence electrons. The summed E-state index contributed by atoms with van der Waals surface area (Å²) in [5.41, 5.74) is 16.8. The number of hydrogen-bond acceptors (Lipinski definition) is 6. The summed E-state index contributed by atoms with van der Waals surface area (Å²) >= 11 is 0. The van der Waals surface area contributed by atoms with Crippen molar-refractivity contribution >= 4 is 28.5 Å². The van der Waals surface area contributed by atoms with Crippen molar-refractivity contribution in [1.82, 2.24) is 10.3 Å². The first-order chi connectivity index (χ1) is 15.8. The summed E-state index contributed by atoms with van der Waals surface area (Å²) in [6, 6.07) is 16.6. The van der Waals surface area contributed by atoms with Crippen LogP contribution in [0, 0.1) is 0 Å². The Bertz CT molecular complexity index is 1160. The van der Waals surface area contributed by atoms with Gasteiger partial charge in [-0.05, 0) is 41.3 Å². The molecule has 0 aliphatic carbocycles. The van der Waals surface area contributed by atoms with Gasteiger partial charge in [0.2, 0.25) is 0 Å². The minimum absolute atomic E-state index is 0.0976. The van der Waals surface area contributed by atoms with Gasteiger partial charge in [0, 0.05) is 31.4 Å². The zero-order valence-electron chi connectivity index (χ0n) is 18.2. The summed E-state index contributed by atoms with van der Waals surface area (Å²) in [5.74, 6) is -2.14. The lowest BCUT2D eigenvalue weighted by atomic mass is 9.83. The first-order valence-electron chi connectivity index (χ1n) is 10.6. The summed E-state index contributed by atoms with van der Waals surface area (Å²) < 4.78 is 0. The lowest BCUT2D eigenvalue weighted by Crippen LogP contribution is -2.55. The third-order valence-electron chi connectivity index (χ3n) is 5.42. The van der Waals surface area contributed by atoms with E-state index in [2.05, 4.69) is 15.3 Å². The van der Waals surface area contributed by atoms with Crippen LogP contribution in [0.25, 0.3) is 10.8 Å². The van der Waals surface area contributed by atoms with Gasteiger partial charge in [-0.15, -0.1) is 0 Å². The molecule has 0 aliphatic heterocycles. The molecule has 3 rings (SSSR count). The maximum absolute atomic E-state index is 13.3. The highest BCUT2D eigenvalue weighted by Gasteiger charge is 2.42. The Morgan fingerprint density at radius 3 is 2.39 bits per heavy atom. The van der Waals surface area contributed by atoms with Gasteiger partial charge in [0.15, 0.2) is 17.3 Å². The number of fused-ring (bicyclic) bond motifs is 1. The first-order valence-corrected chi connectivity index (χ1v) is 10.6. The fourth-order valence-corrected chi connectivity index (χ4v) is 3.67. The Kier molecular flexibility index (Phi) is 7.70. The van der Waals surface area contributed by atoms with Crippen LogP contribution in [-0.4, -0.2) is 39.9 Å². The SMILES string of the molecule is NC(N)=NCCC[C@](N)(C(=O)O)C(=O)c1ccc(CNCc2ccccn2)c2ccccc12. The number of nitrogens with one attached hydrogen (secondary N) is 1. The second kappa shape index (κ2) is 10.7. The molecular formula is C24H28N6O3. The summed E-state index contributed by atoms with van der Waals surface area (Å²) in [5, 5.41) is 14.6. The van der Waals surface area contributed by atoms with E-state index in [0.717, 1.165) is 16.6 Å². The summed E-state index contributed by atoms with van der Waals surface area (Å²) in [6.45, 7) is 1.33. The molecule has 0 saturated carbocycles. The van der Waals surface area contributed by atoms with Crippen molar-refractivity contribution in [3.63, 3.8) is 0 Å². The highest BCUT2D eigenvalue weighted by molar-refractivity contribution is 6.20. The molecule has 0 unspecified atom stereocenters. The number of carbonyl (C=O) groups excluding carboxylic acids is 1. The van der Waals surface area contributed by atoms with Gasteiger partial charge < -0.3 is 27.6 Å². The number of aliphatic imine (C=N–C) groups is 1. The van der Waals surface area contributed by atoms with Crippen LogP contribution < -0.4 is 22.5 Å². The fourth-order valence-electron chi connectivity index (χ4n) is 3.67. The fraction of sp³-hybridized carbons (Fsp3) is 0.250. The topological polar surface area (TPSA) is 170 Å². The van der Waals surface area contributed by atoms with E-state index in [-0.39, 0.29) is 30.9 Å². The zero-order valence-corrected chi connectivity index (χ0v) is 18.2. The summed E-state index contributed by atoms with van der Waals surface area (Å²) in [7, 11) is 0. The van der Waals surface area contributed by atoms with Gasteiger partial charge in [-0.2, -0.15) is 0 Å². The van der Waals surface area contributed by atoms with Crippen molar-refractivity contribution in [2.24, 2.45) is 22.2 Å². The van der Waals surface area contributed by atoms with Crippen LogP contribution in [-0.2, 0) is 17.9 Å². The van der Waals surface area contributed by atoms with Gasteiger partial charge in [-0.1, -0.05) is 42.5 Å². The van der Waals surface area contributed by atoms with E-state index in [0.29, 0.717) is 18.5 Å². The maximum Gasteiger partial charge on any atom is 0.331 e. The number of rotatable bonds is 11. The minimum atomic E-state index is -2.08. The molecule has 0 spiro atoms. The summed E-state index contributed by atoms with van der Waals surface area (Å²) in [4.78, 5) is 33.5. The monoisotopic (exact) mass is 448 g/mol. The lowest BCUT2D eigenvalue weighted by Gasteiger charge is -2.24. The minimum Gasteiger partial charge on any atom is -0.480 e. The van der Waals surface area contributed by atoms with Crippen LogP contribution >= 0.6 is 0 Å². The first kappa shape index (κ1) is 23.8. The number of carboxylic acids is 1. The van der Waals surface area contributed by atoms with Crippen molar-refractivity contribution in [3.05, 3.63) is 77.6 Å². The number of nitrogens with two attached hydrogens (primary N) is 3. The number of guanidine groups is 1. The lowest BCUT2D eigenvalue weighted by molar-refractivity contribution is -0.141. The number of hydrogen-bond donors (Lipinski definition) is 5. The largest absolute Gasteiger partial charge is 0.480 e. The van der Waals surface area contributed by atoms with Crippen LogP contribution in [0.4, 0.5) is 0 Å². The van der Waals surface area contributed by atoms with Gasteiger partial charge in [-0.25, -0.2) is 4.79 Å². The molecule has 0 amide bonds. The molecule has 3 aromatic rings. The Morgan fingerprint density at radius 1 is 1.00 bits per heavy atom. The molecule has 9 nitrogen and oxygen atoms in total. The van der Waals surface area contributed by atoms with E-state index in [9.17, 15) is 14.7 Å². The van der Waals surface area contributed by atoms with Crippen molar-refractivity contribution in [3.8, 4) is 0 Å². The van der Waals surface area contributed by atoms with Crippen LogP contribution in [0.1, 0.15) is 34.5 Å². The highest BCUT2D eigenvalue weighted by atomic mass is 16.4. The van der Waals surface area contributed by atoms with Crippen molar-refractivity contribution < 1.29 is 14.7 Å². The molecule has 1 aromatic heterocycles. The highest BCUT2D eigenvalue weighted by Crippen LogP contribution is 2.27. The van der Waals surface area contributed by atoms with Crippen LogP contribution in [0.5, 0.6) is 0 Å². The molecule has 2 aromatic carbocycles. The summed E-state index contributed by atoms with van der Waals surface area (Å²) in [6.07, 6.45) is 1.89. The number of benzene rings is 2. The zero-order chi connectivity index (χ0) is 23.8. The average Bonchev–Trinajstić information content (AvgIpc) is 2.81. The van der Waals surface area contributed by atoms with E-state index in [4.69, 9.17) is 17.2 Å². The van der Waals surface area contributed by atoms with E-state index in [1.54, 1.807) is 18.3 Å². The van der Waals surface area contributed by atoms with E-state index in [1.807, 2.05) is 42.5 Å². The third-order valence-corrected chi connectivity index (χ3v) is 5.42. The number of aromatic nitrogens is 1. The molecule has 1 atom stereocenters. The standard InChI is InChI=1S/C24H28N6O3/c25-23(26)30-13-5-11-24(27,22(32)33)21(31)20-10-9-16(18-7-1-2-8-19(18)20)14-28-15-17-6-3-4-12-29-17/h1-4,6-10,12,28H,5,11,13-15,27H2,(H,32,33)(H4,25,26,30)/t24-/m1/s1. The molecule has 9 heteroatoms. The number of ketones is 1. The van der Waals surface area contributed by atoms with Gasteiger partial charge in [-0.3, -0.25) is 14.8 Å². The molecule has 8 N–H and O–H groups in total. The smallest absolute Gasteiger partial charge is 0.331 e. The third kappa shape index (κ3) is 5.71. The van der Waals surface area contributed by atoms with Crippen LogP contribution in [0.2, 0.25) is 0 Å². The van der Waals surface area contributed by atoms with Gasteiger partial charge in [0.25, 0.3) is 0 Å².